The molecule has 0 aromatic carbocycles. The van der Waals surface area contributed by atoms with Gasteiger partial charge in [0.05, 0.1) is 11.9 Å². The summed E-state index contributed by atoms with van der Waals surface area (Å²) in [7, 11) is -3.86. The predicted molar refractivity (Wildman–Crippen MR) is 98.6 cm³/mol. The summed E-state index contributed by atoms with van der Waals surface area (Å²) in [5.41, 5.74) is 2.43. The third-order valence-corrected chi connectivity index (χ3v) is 4.17. The average molecular weight is 349 g/mol. The summed E-state index contributed by atoms with van der Waals surface area (Å²) in [6.45, 7) is 17.0. The van der Waals surface area contributed by atoms with Crippen molar-refractivity contribution in [3.05, 3.63) is 17.5 Å². The van der Waals surface area contributed by atoms with Gasteiger partial charge in [-0.05, 0) is 37.2 Å². The summed E-state index contributed by atoms with van der Waals surface area (Å²) >= 11 is 0. The Hall–Kier alpha value is -0.880. The molecule has 138 valence electrons. The summed E-state index contributed by atoms with van der Waals surface area (Å²) < 4.78 is 32.3. The summed E-state index contributed by atoms with van der Waals surface area (Å²) in [6, 6.07) is 0. The van der Waals surface area contributed by atoms with Crippen LogP contribution >= 0.6 is 0 Å². The number of aryl methyl sites for hydroxylation is 2. The SMILES string of the molecule is CC.CC.Cc1cnn(CCCC(C)CS(=O)(=O)O)c1C(C)C. The topological polar surface area (TPSA) is 72.2 Å². The van der Waals surface area contributed by atoms with E-state index in [0.717, 1.165) is 19.4 Å². The van der Waals surface area contributed by atoms with Gasteiger partial charge in [0.2, 0.25) is 0 Å². The molecule has 0 radical (unpaired) electrons. The number of hydrogen-bond donors (Lipinski definition) is 1. The van der Waals surface area contributed by atoms with E-state index in [1.165, 1.54) is 11.3 Å². The fourth-order valence-electron chi connectivity index (χ4n) is 2.45. The molecule has 1 heterocycles. The van der Waals surface area contributed by atoms with Crippen LogP contribution in [0.15, 0.2) is 6.20 Å². The summed E-state index contributed by atoms with van der Waals surface area (Å²) in [6.07, 6.45) is 3.49. The molecule has 0 spiro atoms. The highest BCUT2D eigenvalue weighted by Gasteiger charge is 2.14. The van der Waals surface area contributed by atoms with Gasteiger partial charge in [0.15, 0.2) is 0 Å². The number of aromatic nitrogens is 2. The molecule has 0 aliphatic rings. The molecular formula is C17H36N2O3S. The van der Waals surface area contributed by atoms with Gasteiger partial charge >= 0.3 is 0 Å². The minimum atomic E-state index is -3.86. The van der Waals surface area contributed by atoms with Crippen molar-refractivity contribution in [2.75, 3.05) is 5.75 Å². The van der Waals surface area contributed by atoms with Crippen molar-refractivity contribution in [2.45, 2.75) is 80.7 Å². The van der Waals surface area contributed by atoms with E-state index in [-0.39, 0.29) is 11.7 Å². The predicted octanol–water partition coefficient (Wildman–Crippen LogP) is 4.67. The molecule has 1 aromatic heterocycles. The maximum Gasteiger partial charge on any atom is 0.265 e. The number of hydrogen-bond acceptors (Lipinski definition) is 3. The van der Waals surface area contributed by atoms with Crippen LogP contribution in [0.1, 0.15) is 78.5 Å². The Bertz CT molecular complexity index is 508. The molecule has 0 saturated heterocycles. The van der Waals surface area contributed by atoms with Crippen LogP contribution < -0.4 is 0 Å². The lowest BCUT2D eigenvalue weighted by Crippen LogP contribution is -2.14. The minimum absolute atomic E-state index is 0.0332. The van der Waals surface area contributed by atoms with Crippen molar-refractivity contribution in [1.29, 1.82) is 0 Å². The minimum Gasteiger partial charge on any atom is -0.286 e. The molecular weight excluding hydrogens is 312 g/mol. The van der Waals surface area contributed by atoms with E-state index < -0.39 is 10.1 Å². The summed E-state index contributed by atoms with van der Waals surface area (Å²) in [5.74, 6) is 0.231. The van der Waals surface area contributed by atoms with Crippen LogP contribution in [0.25, 0.3) is 0 Å². The molecule has 1 N–H and O–H groups in total. The van der Waals surface area contributed by atoms with E-state index in [4.69, 9.17) is 4.55 Å². The van der Waals surface area contributed by atoms with Gasteiger partial charge in [-0.3, -0.25) is 9.23 Å². The van der Waals surface area contributed by atoms with Gasteiger partial charge in [0.1, 0.15) is 0 Å². The number of rotatable bonds is 7. The lowest BCUT2D eigenvalue weighted by atomic mass is 10.1. The molecule has 1 unspecified atom stereocenters. The molecule has 0 fully saturated rings. The Balaban J connectivity index is 0. The largest absolute Gasteiger partial charge is 0.286 e. The van der Waals surface area contributed by atoms with Crippen molar-refractivity contribution >= 4 is 10.1 Å². The van der Waals surface area contributed by atoms with Gasteiger partial charge in [-0.15, -0.1) is 0 Å². The maximum atomic E-state index is 10.8. The van der Waals surface area contributed by atoms with Crippen LogP contribution in [0.4, 0.5) is 0 Å². The standard InChI is InChI=1S/C13H24N2O3S.2C2H6/c1-10(2)13-12(4)8-14-15(13)7-5-6-11(3)9-19(16,17)18;2*1-2/h8,10-11H,5-7,9H2,1-4H3,(H,16,17,18);2*1-2H3. The first kappa shape index (κ1) is 24.4. The summed E-state index contributed by atoms with van der Waals surface area (Å²) in [5, 5.41) is 4.36. The van der Waals surface area contributed by atoms with Crippen molar-refractivity contribution in [1.82, 2.24) is 9.78 Å². The second-order valence-electron chi connectivity index (χ2n) is 5.59. The second kappa shape index (κ2) is 12.5. The first-order chi connectivity index (χ1) is 10.7. The van der Waals surface area contributed by atoms with Gasteiger partial charge < -0.3 is 0 Å². The van der Waals surface area contributed by atoms with Gasteiger partial charge in [0.25, 0.3) is 10.1 Å². The maximum absolute atomic E-state index is 10.8. The quantitative estimate of drug-likeness (QED) is 0.727. The highest BCUT2D eigenvalue weighted by atomic mass is 32.2. The zero-order valence-corrected chi connectivity index (χ0v) is 16.9. The van der Waals surface area contributed by atoms with Crippen molar-refractivity contribution < 1.29 is 13.0 Å². The Morgan fingerprint density at radius 1 is 1.17 bits per heavy atom. The van der Waals surface area contributed by atoms with E-state index in [9.17, 15) is 8.42 Å². The Kier molecular flexibility index (Phi) is 13.3. The molecule has 1 aromatic rings. The smallest absolute Gasteiger partial charge is 0.265 e. The fourth-order valence-corrected chi connectivity index (χ4v) is 3.34. The van der Waals surface area contributed by atoms with Gasteiger partial charge in [-0.25, -0.2) is 0 Å². The Morgan fingerprint density at radius 2 is 1.70 bits per heavy atom. The highest BCUT2D eigenvalue weighted by molar-refractivity contribution is 7.85. The van der Waals surface area contributed by atoms with E-state index in [0.29, 0.717) is 5.92 Å². The van der Waals surface area contributed by atoms with E-state index >= 15 is 0 Å². The zero-order valence-electron chi connectivity index (χ0n) is 16.1. The lowest BCUT2D eigenvalue weighted by molar-refractivity contribution is 0.444. The lowest BCUT2D eigenvalue weighted by Gasteiger charge is -2.13. The normalized spacial score (nSPS) is 12.1. The van der Waals surface area contributed by atoms with Crippen LogP contribution in [-0.2, 0) is 16.7 Å². The third-order valence-electron chi connectivity index (χ3n) is 3.18. The van der Waals surface area contributed by atoms with Crippen molar-refractivity contribution in [3.8, 4) is 0 Å². The molecule has 1 rings (SSSR count). The van der Waals surface area contributed by atoms with E-state index in [1.807, 2.05) is 45.5 Å². The third kappa shape index (κ3) is 10.5. The average Bonchev–Trinajstić information content (AvgIpc) is 2.82. The Morgan fingerprint density at radius 3 is 2.13 bits per heavy atom. The van der Waals surface area contributed by atoms with Crippen molar-refractivity contribution in [3.63, 3.8) is 0 Å². The fraction of sp³-hybridized carbons (Fsp3) is 0.824. The first-order valence-electron chi connectivity index (χ1n) is 8.68. The van der Waals surface area contributed by atoms with Crippen LogP contribution in [-0.4, -0.2) is 28.5 Å². The molecule has 6 heteroatoms. The number of nitrogens with zero attached hydrogens (tertiary/aromatic N) is 2. The van der Waals surface area contributed by atoms with Crippen LogP contribution in [0.3, 0.4) is 0 Å². The van der Waals surface area contributed by atoms with Crippen molar-refractivity contribution in [2.24, 2.45) is 5.92 Å². The monoisotopic (exact) mass is 348 g/mol. The highest BCUT2D eigenvalue weighted by Crippen LogP contribution is 2.19. The Labute approximate surface area is 143 Å². The first-order valence-corrected chi connectivity index (χ1v) is 10.3. The molecule has 1 atom stereocenters. The molecule has 0 aliphatic carbocycles. The zero-order chi connectivity index (χ0) is 18.6. The molecule has 0 amide bonds. The van der Waals surface area contributed by atoms with Crippen LogP contribution in [0, 0.1) is 12.8 Å². The summed E-state index contributed by atoms with van der Waals surface area (Å²) in [4.78, 5) is 0. The molecule has 0 aliphatic heterocycles. The molecule has 0 saturated carbocycles. The van der Waals surface area contributed by atoms with Gasteiger partial charge in [-0.2, -0.15) is 13.5 Å². The van der Waals surface area contributed by atoms with Crippen LogP contribution in [0.2, 0.25) is 0 Å². The van der Waals surface area contributed by atoms with Crippen LogP contribution in [0.5, 0.6) is 0 Å². The van der Waals surface area contributed by atoms with Gasteiger partial charge in [0, 0.05) is 12.2 Å². The van der Waals surface area contributed by atoms with Gasteiger partial charge in [-0.1, -0.05) is 48.5 Å². The molecule has 5 nitrogen and oxygen atoms in total. The van der Waals surface area contributed by atoms with E-state index in [2.05, 4.69) is 25.9 Å². The molecule has 23 heavy (non-hydrogen) atoms. The molecule has 0 bridgehead atoms. The van der Waals surface area contributed by atoms with E-state index in [1.54, 1.807) is 0 Å². The second-order valence-corrected chi connectivity index (χ2v) is 7.08.